The average molecular weight is 265 g/mol. The monoisotopic (exact) mass is 265 g/mol. The largest absolute Gasteiger partial charge is 0.398 e. The van der Waals surface area contributed by atoms with Gasteiger partial charge in [0.2, 0.25) is 6.41 Å². The van der Waals surface area contributed by atoms with Crippen molar-refractivity contribution in [3.63, 3.8) is 0 Å². The minimum Gasteiger partial charge on any atom is -0.398 e. The number of nitrogens with one attached hydrogen (secondary N) is 2. The predicted molar refractivity (Wildman–Crippen MR) is 82.6 cm³/mol. The fourth-order valence-electron chi connectivity index (χ4n) is 2.52. The van der Waals surface area contributed by atoms with Crippen LogP contribution in [0.2, 0.25) is 0 Å². The number of rotatable bonds is 3. The van der Waals surface area contributed by atoms with E-state index in [1.54, 1.807) is 0 Å². The zero-order valence-electron chi connectivity index (χ0n) is 11.1. The molecule has 0 spiro atoms. The lowest BCUT2D eigenvalue weighted by atomic mass is 9.96. The molecule has 0 saturated carbocycles. The number of hydrogen-bond donors (Lipinski definition) is 3. The molecule has 0 unspecified atom stereocenters. The van der Waals surface area contributed by atoms with E-state index in [4.69, 9.17) is 5.73 Å². The summed E-state index contributed by atoms with van der Waals surface area (Å²) in [7, 11) is 0. The van der Waals surface area contributed by atoms with Crippen molar-refractivity contribution < 1.29 is 4.79 Å². The van der Waals surface area contributed by atoms with E-state index in [1.807, 2.05) is 43.5 Å². The Morgan fingerprint density at radius 1 is 1.15 bits per heavy atom. The van der Waals surface area contributed by atoms with Gasteiger partial charge in [0, 0.05) is 17.3 Å². The number of aromatic nitrogens is 1. The van der Waals surface area contributed by atoms with Crippen LogP contribution in [0.5, 0.6) is 0 Å². The summed E-state index contributed by atoms with van der Waals surface area (Å²) < 4.78 is 0. The Kier molecular flexibility index (Phi) is 2.91. The van der Waals surface area contributed by atoms with Gasteiger partial charge in [0.1, 0.15) is 0 Å². The molecule has 100 valence electrons. The topological polar surface area (TPSA) is 70.9 Å². The van der Waals surface area contributed by atoms with E-state index in [2.05, 4.69) is 16.4 Å². The van der Waals surface area contributed by atoms with E-state index >= 15 is 0 Å². The summed E-state index contributed by atoms with van der Waals surface area (Å²) in [5, 5.41) is 3.77. The van der Waals surface area contributed by atoms with Crippen molar-refractivity contribution in [1.82, 2.24) is 4.98 Å². The third-order valence-electron chi connectivity index (χ3n) is 3.60. The molecule has 1 heterocycles. The molecule has 0 aliphatic rings. The molecule has 4 N–H and O–H groups in total. The molecular weight excluding hydrogens is 250 g/mol. The number of H-pyrrole nitrogens is 1. The van der Waals surface area contributed by atoms with Crippen molar-refractivity contribution in [2.75, 3.05) is 11.1 Å². The van der Waals surface area contributed by atoms with Crippen LogP contribution < -0.4 is 11.1 Å². The Hall–Kier alpha value is -2.75. The summed E-state index contributed by atoms with van der Waals surface area (Å²) in [6.45, 7) is 2.01. The van der Waals surface area contributed by atoms with Gasteiger partial charge in [-0.15, -0.1) is 0 Å². The van der Waals surface area contributed by atoms with Gasteiger partial charge < -0.3 is 16.0 Å². The summed E-state index contributed by atoms with van der Waals surface area (Å²) in [4.78, 5) is 13.8. The molecule has 1 amide bonds. The molecule has 0 aliphatic heterocycles. The van der Waals surface area contributed by atoms with Gasteiger partial charge in [-0.1, -0.05) is 18.2 Å². The van der Waals surface area contributed by atoms with Crippen LogP contribution in [0.25, 0.3) is 22.0 Å². The smallest absolute Gasteiger partial charge is 0.211 e. The number of amides is 1. The quantitative estimate of drug-likeness (QED) is 0.502. The van der Waals surface area contributed by atoms with Gasteiger partial charge in [-0.3, -0.25) is 4.79 Å². The Morgan fingerprint density at radius 3 is 2.80 bits per heavy atom. The van der Waals surface area contributed by atoms with Crippen LogP contribution in [0.15, 0.2) is 42.6 Å². The van der Waals surface area contributed by atoms with Crippen molar-refractivity contribution in [2.24, 2.45) is 0 Å². The molecule has 0 saturated heterocycles. The summed E-state index contributed by atoms with van der Waals surface area (Å²) in [6.07, 6.45) is 2.55. The van der Waals surface area contributed by atoms with Gasteiger partial charge in [0.25, 0.3) is 0 Å². The first-order valence-corrected chi connectivity index (χ1v) is 6.38. The fourth-order valence-corrected chi connectivity index (χ4v) is 2.52. The van der Waals surface area contributed by atoms with Crippen LogP contribution in [0.3, 0.4) is 0 Å². The first-order chi connectivity index (χ1) is 9.72. The molecule has 3 rings (SSSR count). The number of nitrogen functional groups attached to an aromatic ring is 1. The number of aromatic amines is 1. The van der Waals surface area contributed by atoms with Gasteiger partial charge >= 0.3 is 0 Å². The minimum atomic E-state index is 0.682. The molecule has 0 atom stereocenters. The third-order valence-corrected chi connectivity index (χ3v) is 3.60. The highest BCUT2D eigenvalue weighted by atomic mass is 16.1. The Bertz CT molecular complexity index is 790. The highest BCUT2D eigenvalue weighted by Crippen LogP contribution is 2.35. The minimum absolute atomic E-state index is 0.682. The molecule has 3 aromatic rings. The molecule has 0 radical (unpaired) electrons. The highest BCUT2D eigenvalue weighted by molar-refractivity contribution is 6.04. The Labute approximate surface area is 116 Å². The standard InChI is InChI=1S/C16H15N3O/c1-10-11(3-2-4-14(10)17)12-5-6-15(19-9-20)16-13(12)7-8-18-16/h2-9,18H,17H2,1H3,(H,19,20). The van der Waals surface area contributed by atoms with E-state index < -0.39 is 0 Å². The van der Waals surface area contributed by atoms with E-state index in [1.165, 1.54) is 0 Å². The number of benzene rings is 2. The van der Waals surface area contributed by atoms with Gasteiger partial charge in [-0.25, -0.2) is 0 Å². The van der Waals surface area contributed by atoms with Crippen LogP contribution in [0.1, 0.15) is 5.56 Å². The van der Waals surface area contributed by atoms with Crippen LogP contribution in [-0.4, -0.2) is 11.4 Å². The zero-order chi connectivity index (χ0) is 14.1. The second-order valence-electron chi connectivity index (χ2n) is 4.71. The fraction of sp³-hybridized carbons (Fsp3) is 0.0625. The van der Waals surface area contributed by atoms with Crippen LogP contribution in [0.4, 0.5) is 11.4 Å². The number of carbonyl (C=O) groups excluding carboxylic acids is 1. The molecule has 0 bridgehead atoms. The lowest BCUT2D eigenvalue weighted by Gasteiger charge is -2.11. The molecule has 0 aliphatic carbocycles. The van der Waals surface area contributed by atoms with E-state index in [0.717, 1.165) is 39.0 Å². The van der Waals surface area contributed by atoms with Gasteiger partial charge in [-0.05, 0) is 41.8 Å². The maximum atomic E-state index is 10.7. The maximum Gasteiger partial charge on any atom is 0.211 e. The summed E-state index contributed by atoms with van der Waals surface area (Å²) in [6, 6.07) is 11.8. The van der Waals surface area contributed by atoms with Gasteiger partial charge in [0.05, 0.1) is 11.2 Å². The SMILES string of the molecule is Cc1c(N)cccc1-c1ccc(NC=O)c2[nH]ccc12. The normalized spacial score (nSPS) is 10.7. The lowest BCUT2D eigenvalue weighted by molar-refractivity contribution is -0.105. The predicted octanol–water partition coefficient (Wildman–Crippen LogP) is 3.29. The molecule has 20 heavy (non-hydrogen) atoms. The lowest BCUT2D eigenvalue weighted by Crippen LogP contribution is -1.96. The Morgan fingerprint density at radius 2 is 2.00 bits per heavy atom. The molecule has 2 aromatic carbocycles. The first kappa shape index (κ1) is 12.3. The Balaban J connectivity index is 2.27. The van der Waals surface area contributed by atoms with Crippen molar-refractivity contribution >= 4 is 28.7 Å². The molecule has 4 nitrogen and oxygen atoms in total. The maximum absolute atomic E-state index is 10.7. The molecule has 0 fully saturated rings. The third kappa shape index (κ3) is 1.82. The van der Waals surface area contributed by atoms with E-state index in [0.29, 0.717) is 6.41 Å². The number of carbonyl (C=O) groups is 1. The van der Waals surface area contributed by atoms with Gasteiger partial charge in [0.15, 0.2) is 0 Å². The van der Waals surface area contributed by atoms with Crippen molar-refractivity contribution in [2.45, 2.75) is 6.92 Å². The van der Waals surface area contributed by atoms with E-state index in [9.17, 15) is 4.79 Å². The van der Waals surface area contributed by atoms with E-state index in [-0.39, 0.29) is 0 Å². The van der Waals surface area contributed by atoms with Crippen molar-refractivity contribution in [3.05, 3.63) is 48.2 Å². The second kappa shape index (κ2) is 4.74. The first-order valence-electron chi connectivity index (χ1n) is 6.38. The molecule has 1 aromatic heterocycles. The van der Waals surface area contributed by atoms with Crippen LogP contribution in [-0.2, 0) is 4.79 Å². The summed E-state index contributed by atoms with van der Waals surface area (Å²) in [5.74, 6) is 0. The number of anilines is 2. The average Bonchev–Trinajstić information content (AvgIpc) is 2.93. The van der Waals surface area contributed by atoms with Crippen molar-refractivity contribution in [1.29, 1.82) is 0 Å². The van der Waals surface area contributed by atoms with Crippen LogP contribution in [0, 0.1) is 6.92 Å². The number of hydrogen-bond acceptors (Lipinski definition) is 2. The summed E-state index contributed by atoms with van der Waals surface area (Å²) >= 11 is 0. The zero-order valence-corrected chi connectivity index (χ0v) is 11.1. The summed E-state index contributed by atoms with van der Waals surface area (Å²) in [5.41, 5.74) is 11.7. The molecule has 4 heteroatoms. The highest BCUT2D eigenvalue weighted by Gasteiger charge is 2.11. The second-order valence-corrected chi connectivity index (χ2v) is 4.71. The number of nitrogens with two attached hydrogens (primary N) is 1. The number of fused-ring (bicyclic) bond motifs is 1. The van der Waals surface area contributed by atoms with Gasteiger partial charge in [-0.2, -0.15) is 0 Å². The molecular formula is C16H15N3O. The van der Waals surface area contributed by atoms with Crippen LogP contribution >= 0.6 is 0 Å². The van der Waals surface area contributed by atoms with Crippen molar-refractivity contribution in [3.8, 4) is 11.1 Å².